The van der Waals surface area contributed by atoms with E-state index in [1.165, 1.54) is 14.1 Å². The summed E-state index contributed by atoms with van der Waals surface area (Å²) < 4.78 is 21.2. The summed E-state index contributed by atoms with van der Waals surface area (Å²) in [7, 11) is -0.704. The van der Waals surface area contributed by atoms with E-state index >= 15 is 0 Å². The fourth-order valence-electron chi connectivity index (χ4n) is 0.699. The first-order valence-corrected chi connectivity index (χ1v) is 4.23. The maximum absolute atomic E-state index is 10.6. The van der Waals surface area contributed by atoms with E-state index in [9.17, 15) is 13.9 Å². The fourth-order valence-corrected chi connectivity index (χ4v) is 1.30. The molecule has 0 aromatic heterocycles. The average Bonchev–Trinajstić information content (AvgIpc) is 1.86. The van der Waals surface area contributed by atoms with E-state index in [-0.39, 0.29) is 0 Å². The third-order valence-electron chi connectivity index (χ3n) is 1.60. The first kappa shape index (κ1) is 11.3. The Morgan fingerprint density at radius 2 is 1.92 bits per heavy atom. The average molecular weight is 195 g/mol. The molecule has 12 heavy (non-hydrogen) atoms. The van der Waals surface area contributed by atoms with Gasteiger partial charge in [-0.1, -0.05) is 0 Å². The van der Waals surface area contributed by atoms with Crippen molar-refractivity contribution in [2.75, 3.05) is 20.7 Å². The lowest BCUT2D eigenvalue weighted by Gasteiger charge is -2.25. The van der Waals surface area contributed by atoms with Crippen LogP contribution in [0.1, 0.15) is 0 Å². The summed E-state index contributed by atoms with van der Waals surface area (Å²) in [6.45, 7) is -0.964. The Balaban J connectivity index is 5.19. The van der Waals surface area contributed by atoms with E-state index in [2.05, 4.69) is 0 Å². The van der Waals surface area contributed by atoms with Crippen LogP contribution in [0.5, 0.6) is 0 Å². The summed E-state index contributed by atoms with van der Waals surface area (Å²) in [5.41, 5.74) is 0. The van der Waals surface area contributed by atoms with E-state index in [4.69, 9.17) is 10.2 Å². The third kappa shape index (κ3) is 1.55. The van der Waals surface area contributed by atoms with Gasteiger partial charge in [-0.05, 0) is 14.1 Å². The first-order valence-electron chi connectivity index (χ1n) is 3.05. The number of carboxylic acid groups (broad SMARTS) is 1. The molecular formula is C5H10NO5P. The third-order valence-corrected chi connectivity index (χ3v) is 2.94. The van der Waals surface area contributed by atoms with Crippen molar-refractivity contribution in [2.24, 2.45) is 0 Å². The molecule has 2 N–H and O–H groups in total. The van der Waals surface area contributed by atoms with Gasteiger partial charge in [-0.2, -0.15) is 0 Å². The minimum atomic E-state index is -3.25. The summed E-state index contributed by atoms with van der Waals surface area (Å²) in [6, 6.07) is 0. The maximum Gasteiger partial charge on any atom is 0.350 e. The second kappa shape index (κ2) is 3.80. The van der Waals surface area contributed by atoms with Crippen molar-refractivity contribution in [3.05, 3.63) is 0 Å². The highest BCUT2D eigenvalue weighted by molar-refractivity contribution is 7.34. The van der Waals surface area contributed by atoms with Gasteiger partial charge in [0, 0.05) is 0 Å². The van der Waals surface area contributed by atoms with Gasteiger partial charge < -0.3 is 10.2 Å². The number of nitrogens with zero attached hydrogens (tertiary/aromatic N) is 1. The van der Waals surface area contributed by atoms with Crippen molar-refractivity contribution in [2.45, 2.75) is 5.28 Å². The zero-order valence-electron chi connectivity index (χ0n) is 6.72. The molecule has 70 valence electrons. The largest absolute Gasteiger partial charge is 0.479 e. The summed E-state index contributed by atoms with van der Waals surface area (Å²) in [5.74, 6) is -1.58. The summed E-state index contributed by atoms with van der Waals surface area (Å²) in [5, 5.41) is 15.1. The Bertz CT molecular complexity index is 240. The van der Waals surface area contributed by atoms with Gasteiger partial charge >= 0.3 is 13.6 Å². The Morgan fingerprint density at radius 1 is 1.50 bits per heavy atom. The van der Waals surface area contributed by atoms with Crippen molar-refractivity contribution in [1.29, 1.82) is 0 Å². The van der Waals surface area contributed by atoms with Gasteiger partial charge in [0.2, 0.25) is 0 Å². The Kier molecular flexibility index (Phi) is 3.57. The van der Waals surface area contributed by atoms with Gasteiger partial charge in [-0.25, -0.2) is 13.9 Å². The van der Waals surface area contributed by atoms with Crippen LogP contribution in [-0.2, 0) is 13.9 Å². The molecule has 0 fully saturated rings. The fraction of sp³-hybridized carbons (Fsp3) is 0.800. The van der Waals surface area contributed by atoms with Crippen LogP contribution in [0, 0.1) is 0 Å². The van der Waals surface area contributed by atoms with Crippen LogP contribution in [0.4, 0.5) is 0 Å². The molecule has 0 aliphatic heterocycles. The van der Waals surface area contributed by atoms with Gasteiger partial charge in [0.15, 0.2) is 0 Å². The minimum Gasteiger partial charge on any atom is -0.479 e. The van der Waals surface area contributed by atoms with Crippen LogP contribution in [0.3, 0.4) is 0 Å². The lowest BCUT2D eigenvalue weighted by molar-refractivity contribution is -0.146. The molecule has 6 nitrogen and oxygen atoms in total. The first-order chi connectivity index (χ1) is 5.39. The number of aliphatic hydroxyl groups excluding tert-OH is 1. The highest BCUT2D eigenvalue weighted by Gasteiger charge is 2.47. The molecule has 0 heterocycles. The molecule has 0 amide bonds. The van der Waals surface area contributed by atoms with Crippen LogP contribution in [-0.4, -0.2) is 47.1 Å². The van der Waals surface area contributed by atoms with Crippen LogP contribution in [0.2, 0.25) is 0 Å². The van der Waals surface area contributed by atoms with E-state index in [1.54, 1.807) is 0 Å². The van der Waals surface area contributed by atoms with E-state index in [1.807, 2.05) is 0 Å². The molecule has 0 saturated carbocycles. The normalized spacial score (nSPS) is 15.7. The molecule has 0 saturated heterocycles. The van der Waals surface area contributed by atoms with Crippen LogP contribution >= 0.6 is 7.68 Å². The van der Waals surface area contributed by atoms with Gasteiger partial charge in [0.05, 0.1) is 6.61 Å². The van der Waals surface area contributed by atoms with Crippen LogP contribution in [0.25, 0.3) is 0 Å². The summed E-state index contributed by atoms with van der Waals surface area (Å²) in [4.78, 5) is 11.5. The van der Waals surface area contributed by atoms with E-state index in [0.717, 1.165) is 4.90 Å². The highest BCUT2D eigenvalue weighted by Crippen LogP contribution is 2.30. The molecule has 0 bridgehead atoms. The molecule has 0 spiro atoms. The topological polar surface area (TPSA) is 94.9 Å². The lowest BCUT2D eigenvalue weighted by atomic mass is 10.3. The molecule has 0 aromatic rings. The van der Waals surface area contributed by atoms with Crippen molar-refractivity contribution in [3.63, 3.8) is 0 Å². The van der Waals surface area contributed by atoms with Crippen LogP contribution < -0.4 is 0 Å². The molecule has 7 heteroatoms. The standard InChI is InChI=1S/C5H10NO5P/c1-6(2)5(3-7,4(8)9)12(10)11/h7H,3H2,1-2H3,(H,8,9). The predicted octanol–water partition coefficient (Wildman–Crippen LogP) is -0.506. The van der Waals surface area contributed by atoms with Crippen molar-refractivity contribution in [1.82, 2.24) is 4.90 Å². The van der Waals surface area contributed by atoms with Crippen molar-refractivity contribution >= 4 is 13.6 Å². The Morgan fingerprint density at radius 3 is 1.92 bits per heavy atom. The van der Waals surface area contributed by atoms with Gasteiger partial charge in [0.25, 0.3) is 5.28 Å². The molecule has 1 atom stereocenters. The van der Waals surface area contributed by atoms with Crippen molar-refractivity contribution < 1.29 is 24.1 Å². The smallest absolute Gasteiger partial charge is 0.350 e. The monoisotopic (exact) mass is 195 g/mol. The van der Waals surface area contributed by atoms with Gasteiger partial charge in [-0.3, -0.25) is 4.90 Å². The zero-order chi connectivity index (χ0) is 9.94. The van der Waals surface area contributed by atoms with E-state index in [0.29, 0.717) is 0 Å². The number of carboxylic acids is 1. The molecule has 0 aliphatic rings. The number of hydrogen-bond donors (Lipinski definition) is 2. The van der Waals surface area contributed by atoms with Gasteiger partial charge in [0.1, 0.15) is 0 Å². The molecule has 0 radical (unpaired) electrons. The molecule has 1 unspecified atom stereocenters. The second-order valence-corrected chi connectivity index (χ2v) is 3.69. The number of likely N-dealkylation sites (N-methyl/N-ethyl adjacent to an activating group) is 1. The number of aliphatic carboxylic acids is 1. The van der Waals surface area contributed by atoms with Crippen LogP contribution in [0.15, 0.2) is 0 Å². The quantitative estimate of drug-likeness (QED) is 0.587. The molecule has 0 aliphatic carbocycles. The minimum absolute atomic E-state index is 0.945. The number of rotatable bonds is 4. The maximum atomic E-state index is 10.6. The predicted molar refractivity (Wildman–Crippen MR) is 39.4 cm³/mol. The number of aliphatic hydroxyl groups is 1. The highest BCUT2D eigenvalue weighted by atomic mass is 31.1. The molecular weight excluding hydrogens is 185 g/mol. The van der Waals surface area contributed by atoms with Crippen molar-refractivity contribution in [3.8, 4) is 0 Å². The Labute approximate surface area is 69.6 Å². The Hall–Kier alpha value is -0.710. The lowest BCUT2D eigenvalue weighted by Crippen LogP contribution is -2.50. The van der Waals surface area contributed by atoms with E-state index < -0.39 is 25.5 Å². The molecule has 0 rings (SSSR count). The second-order valence-electron chi connectivity index (χ2n) is 2.43. The zero-order valence-corrected chi connectivity index (χ0v) is 7.62. The number of carbonyl (C=O) groups is 1. The number of hydrogen-bond acceptors (Lipinski definition) is 5. The van der Waals surface area contributed by atoms with Gasteiger partial charge in [-0.15, -0.1) is 0 Å². The summed E-state index contributed by atoms with van der Waals surface area (Å²) in [6.07, 6.45) is 0. The SMILES string of the molecule is CN(C)C(CO)(C(=O)O)P(=O)=O. The summed E-state index contributed by atoms with van der Waals surface area (Å²) >= 11 is 0. The molecule has 0 aromatic carbocycles.